The predicted molar refractivity (Wildman–Crippen MR) is 78.4 cm³/mol. The van der Waals surface area contributed by atoms with Gasteiger partial charge < -0.3 is 15.8 Å². The molecule has 1 aromatic rings. The largest absolute Gasteiger partial charge is 0.495 e. The maximum absolute atomic E-state index is 5.45. The van der Waals surface area contributed by atoms with Crippen molar-refractivity contribution in [3.05, 3.63) is 26.6 Å². The molecule has 0 amide bonds. The molecule has 1 rings (SSSR count). The lowest BCUT2D eigenvalue weighted by Gasteiger charge is -2.12. The molecule has 0 aliphatic rings. The van der Waals surface area contributed by atoms with Crippen LogP contribution >= 0.6 is 31.9 Å². The van der Waals surface area contributed by atoms with Gasteiger partial charge in [0, 0.05) is 16.6 Å². The summed E-state index contributed by atoms with van der Waals surface area (Å²) in [6.07, 6.45) is 2.17. The van der Waals surface area contributed by atoms with Gasteiger partial charge in [0.25, 0.3) is 0 Å². The molecule has 0 heterocycles. The number of benzene rings is 1. The Kier molecular flexibility index (Phi) is 7.11. The van der Waals surface area contributed by atoms with E-state index in [2.05, 4.69) is 43.2 Å². The van der Waals surface area contributed by atoms with Crippen LogP contribution < -0.4 is 15.8 Å². The van der Waals surface area contributed by atoms with E-state index in [1.165, 1.54) is 0 Å². The number of ether oxygens (including phenoxy) is 1. The van der Waals surface area contributed by atoms with Crippen molar-refractivity contribution in [3.63, 3.8) is 0 Å². The van der Waals surface area contributed by atoms with Crippen molar-refractivity contribution in [2.75, 3.05) is 20.2 Å². The first kappa shape index (κ1) is 15.0. The fourth-order valence-electron chi connectivity index (χ4n) is 1.59. The van der Waals surface area contributed by atoms with Crippen LogP contribution in [0.4, 0.5) is 0 Å². The number of unbranched alkanes of at least 4 members (excludes halogenated alkanes) is 1. The number of hydrogen-bond donors (Lipinski definition) is 2. The highest BCUT2D eigenvalue weighted by Gasteiger charge is 2.08. The van der Waals surface area contributed by atoms with Gasteiger partial charge in [-0.25, -0.2) is 0 Å². The van der Waals surface area contributed by atoms with Crippen molar-refractivity contribution in [1.29, 1.82) is 0 Å². The van der Waals surface area contributed by atoms with Crippen LogP contribution in [0.3, 0.4) is 0 Å². The van der Waals surface area contributed by atoms with Crippen LogP contribution in [0, 0.1) is 0 Å². The van der Waals surface area contributed by atoms with Gasteiger partial charge in [-0.3, -0.25) is 0 Å². The minimum atomic E-state index is 0.757. The second-order valence-electron chi connectivity index (χ2n) is 3.75. The molecule has 0 aromatic heterocycles. The van der Waals surface area contributed by atoms with E-state index in [0.717, 1.165) is 52.7 Å². The number of methoxy groups -OCH3 is 1. The zero-order valence-corrected chi connectivity index (χ0v) is 13.1. The highest BCUT2D eigenvalue weighted by atomic mass is 79.9. The maximum atomic E-state index is 5.45. The maximum Gasteiger partial charge on any atom is 0.137 e. The normalized spacial score (nSPS) is 10.6. The van der Waals surface area contributed by atoms with Gasteiger partial charge in [-0.1, -0.05) is 15.9 Å². The molecule has 0 aliphatic heterocycles. The molecule has 0 bridgehead atoms. The lowest BCUT2D eigenvalue weighted by Crippen LogP contribution is -2.16. The minimum absolute atomic E-state index is 0.757. The Morgan fingerprint density at radius 3 is 2.71 bits per heavy atom. The molecule has 0 fully saturated rings. The molecule has 0 aliphatic carbocycles. The zero-order valence-electron chi connectivity index (χ0n) is 9.93. The van der Waals surface area contributed by atoms with Gasteiger partial charge in [-0.2, -0.15) is 0 Å². The minimum Gasteiger partial charge on any atom is -0.495 e. The molecular weight excluding hydrogens is 348 g/mol. The summed E-state index contributed by atoms with van der Waals surface area (Å²) in [5.41, 5.74) is 6.59. The van der Waals surface area contributed by atoms with E-state index in [9.17, 15) is 0 Å². The van der Waals surface area contributed by atoms with Gasteiger partial charge in [0.2, 0.25) is 0 Å². The fourth-order valence-corrected chi connectivity index (χ4v) is 3.07. The third-order valence-corrected chi connectivity index (χ3v) is 3.46. The van der Waals surface area contributed by atoms with E-state index in [1.54, 1.807) is 7.11 Å². The SMILES string of the molecule is COc1c(Br)cc(Br)cc1CNCCCCN. The second-order valence-corrected chi connectivity index (χ2v) is 5.52. The Labute approximate surface area is 119 Å². The quantitative estimate of drug-likeness (QED) is 0.730. The van der Waals surface area contributed by atoms with Gasteiger partial charge >= 0.3 is 0 Å². The van der Waals surface area contributed by atoms with Gasteiger partial charge in [-0.05, 0) is 54.0 Å². The first-order valence-corrected chi connectivity index (χ1v) is 7.20. The van der Waals surface area contributed by atoms with Gasteiger partial charge in [-0.15, -0.1) is 0 Å². The molecular formula is C12H18Br2N2O. The molecule has 0 saturated heterocycles. The first-order valence-electron chi connectivity index (χ1n) is 5.61. The van der Waals surface area contributed by atoms with Crippen molar-refractivity contribution < 1.29 is 4.74 Å². The van der Waals surface area contributed by atoms with Crippen molar-refractivity contribution in [1.82, 2.24) is 5.32 Å². The Balaban J connectivity index is 2.57. The lowest BCUT2D eigenvalue weighted by molar-refractivity contribution is 0.404. The Morgan fingerprint density at radius 1 is 1.29 bits per heavy atom. The van der Waals surface area contributed by atoms with Crippen LogP contribution in [0.25, 0.3) is 0 Å². The smallest absolute Gasteiger partial charge is 0.137 e. The molecule has 96 valence electrons. The van der Waals surface area contributed by atoms with E-state index < -0.39 is 0 Å². The van der Waals surface area contributed by atoms with E-state index >= 15 is 0 Å². The van der Waals surface area contributed by atoms with Crippen LogP contribution in [0.1, 0.15) is 18.4 Å². The van der Waals surface area contributed by atoms with E-state index in [0.29, 0.717) is 0 Å². The Bertz CT molecular complexity index is 359. The number of nitrogens with two attached hydrogens (primary N) is 1. The van der Waals surface area contributed by atoms with Crippen molar-refractivity contribution in [2.45, 2.75) is 19.4 Å². The van der Waals surface area contributed by atoms with Crippen molar-refractivity contribution >= 4 is 31.9 Å². The monoisotopic (exact) mass is 364 g/mol. The molecule has 0 unspecified atom stereocenters. The van der Waals surface area contributed by atoms with E-state index in [4.69, 9.17) is 10.5 Å². The van der Waals surface area contributed by atoms with E-state index in [1.807, 2.05) is 6.07 Å². The molecule has 0 spiro atoms. The molecule has 3 nitrogen and oxygen atoms in total. The van der Waals surface area contributed by atoms with Crippen LogP contribution in [0.15, 0.2) is 21.1 Å². The highest BCUT2D eigenvalue weighted by Crippen LogP contribution is 2.32. The fraction of sp³-hybridized carbons (Fsp3) is 0.500. The van der Waals surface area contributed by atoms with E-state index in [-0.39, 0.29) is 0 Å². The van der Waals surface area contributed by atoms with Gasteiger partial charge in [0.15, 0.2) is 0 Å². The molecule has 0 atom stereocenters. The molecule has 5 heteroatoms. The molecule has 17 heavy (non-hydrogen) atoms. The summed E-state index contributed by atoms with van der Waals surface area (Å²) in [5, 5.41) is 3.39. The lowest BCUT2D eigenvalue weighted by atomic mass is 10.2. The summed E-state index contributed by atoms with van der Waals surface area (Å²) >= 11 is 6.97. The van der Waals surface area contributed by atoms with Crippen LogP contribution in [0.2, 0.25) is 0 Å². The molecule has 0 saturated carbocycles. The summed E-state index contributed by atoms with van der Waals surface area (Å²) in [6, 6.07) is 4.05. The topological polar surface area (TPSA) is 47.3 Å². The summed E-state index contributed by atoms with van der Waals surface area (Å²) in [7, 11) is 1.69. The third kappa shape index (κ3) is 4.95. The average molecular weight is 366 g/mol. The first-order chi connectivity index (χ1) is 8.19. The van der Waals surface area contributed by atoms with Crippen LogP contribution in [-0.4, -0.2) is 20.2 Å². The number of rotatable bonds is 7. The number of nitrogens with one attached hydrogen (secondary N) is 1. The third-order valence-electron chi connectivity index (χ3n) is 2.41. The summed E-state index contributed by atoms with van der Waals surface area (Å²) in [6.45, 7) is 2.53. The van der Waals surface area contributed by atoms with Gasteiger partial charge in [0.1, 0.15) is 5.75 Å². The van der Waals surface area contributed by atoms with Gasteiger partial charge in [0.05, 0.1) is 11.6 Å². The Morgan fingerprint density at radius 2 is 2.06 bits per heavy atom. The Hall–Kier alpha value is -0.100. The van der Waals surface area contributed by atoms with Crippen molar-refractivity contribution in [3.8, 4) is 5.75 Å². The van der Waals surface area contributed by atoms with Crippen molar-refractivity contribution in [2.24, 2.45) is 5.73 Å². The summed E-state index contributed by atoms with van der Waals surface area (Å²) in [4.78, 5) is 0. The second kappa shape index (κ2) is 8.08. The number of halogens is 2. The average Bonchev–Trinajstić information content (AvgIpc) is 2.28. The van der Waals surface area contributed by atoms with Crippen LogP contribution in [0.5, 0.6) is 5.75 Å². The zero-order chi connectivity index (χ0) is 12.7. The predicted octanol–water partition coefficient (Wildman–Crippen LogP) is 3.05. The summed E-state index contributed by atoms with van der Waals surface area (Å²) < 4.78 is 7.39. The molecule has 3 N–H and O–H groups in total. The highest BCUT2D eigenvalue weighted by molar-refractivity contribution is 9.11. The van der Waals surface area contributed by atoms with Crippen LogP contribution in [-0.2, 0) is 6.54 Å². The number of hydrogen-bond acceptors (Lipinski definition) is 3. The molecule has 1 aromatic carbocycles. The molecule has 0 radical (unpaired) electrons. The summed E-state index contributed by atoms with van der Waals surface area (Å²) in [5.74, 6) is 0.888. The standard InChI is InChI=1S/C12H18Br2N2O/c1-17-12-9(6-10(13)7-11(12)14)8-16-5-3-2-4-15/h6-7,16H,2-5,8,15H2,1H3.